The molecule has 17 nitrogen and oxygen atoms in total. The molecule has 0 saturated heterocycles. The zero-order valence-electron chi connectivity index (χ0n) is 26.0. The van der Waals surface area contributed by atoms with Crippen molar-refractivity contribution >= 4 is 51.6 Å². The minimum absolute atomic E-state index is 0.167. The largest absolute Gasteiger partial charge is 0.481 e. The van der Waals surface area contributed by atoms with E-state index in [1.54, 1.807) is 30.3 Å². The van der Waals surface area contributed by atoms with Gasteiger partial charge in [0.15, 0.2) is 9.84 Å². The van der Waals surface area contributed by atoms with Gasteiger partial charge in [-0.1, -0.05) is 50.3 Å². The number of rotatable bonds is 20. The molecule has 1 aromatic carbocycles. The van der Waals surface area contributed by atoms with Crippen LogP contribution in [-0.4, -0.2) is 95.9 Å². The van der Waals surface area contributed by atoms with E-state index in [0.717, 1.165) is 12.3 Å². The lowest BCUT2D eigenvalue weighted by Crippen LogP contribution is -2.58. The van der Waals surface area contributed by atoms with Crippen molar-refractivity contribution in [3.63, 3.8) is 0 Å². The molecule has 0 spiro atoms. The summed E-state index contributed by atoms with van der Waals surface area (Å²) in [5.41, 5.74) is 0.629. The molecule has 0 aromatic heterocycles. The molecular formula is C29H40N4O13S. The third-order valence-electron chi connectivity index (χ3n) is 6.28. The Morgan fingerprint density at radius 2 is 1.30 bits per heavy atom. The van der Waals surface area contributed by atoms with Crippen molar-refractivity contribution in [3.05, 3.63) is 47.4 Å². The number of carbonyl (C=O) groups excluding carboxylic acids is 4. The van der Waals surface area contributed by atoms with E-state index in [9.17, 15) is 52.2 Å². The van der Waals surface area contributed by atoms with Gasteiger partial charge in [-0.15, -0.1) is 0 Å². The molecule has 18 heteroatoms. The molecule has 0 fully saturated rings. The van der Waals surface area contributed by atoms with E-state index in [1.165, 1.54) is 13.8 Å². The average molecular weight is 685 g/mol. The predicted molar refractivity (Wildman–Crippen MR) is 164 cm³/mol. The van der Waals surface area contributed by atoms with E-state index < -0.39 is 114 Å². The second-order valence-electron chi connectivity index (χ2n) is 10.8. The number of aliphatic carboxylic acids is 3. The maximum atomic E-state index is 13.3. The van der Waals surface area contributed by atoms with Gasteiger partial charge in [-0.3, -0.25) is 28.8 Å². The summed E-state index contributed by atoms with van der Waals surface area (Å²) in [7, 11) is -3.67. The minimum atomic E-state index is -3.67. The molecule has 260 valence electrons. The molecule has 0 aliphatic rings. The van der Waals surface area contributed by atoms with Crippen molar-refractivity contribution in [2.24, 2.45) is 5.92 Å². The molecule has 1 aromatic rings. The van der Waals surface area contributed by atoms with Gasteiger partial charge < -0.3 is 41.3 Å². The van der Waals surface area contributed by atoms with Crippen LogP contribution < -0.4 is 21.3 Å². The van der Waals surface area contributed by atoms with Gasteiger partial charge in [0.05, 0.1) is 12.5 Å². The van der Waals surface area contributed by atoms with E-state index >= 15 is 0 Å². The fourth-order valence-corrected chi connectivity index (χ4v) is 4.38. The number of benzene rings is 1. The van der Waals surface area contributed by atoms with Crippen LogP contribution >= 0.6 is 0 Å². The number of hydrogen-bond acceptors (Lipinski definition) is 10. The number of carboxylic acid groups (broad SMARTS) is 3. The SMILES string of the molecule is CC(C)C(NC(=O)C(CCC(=O)O)NC(=O)C(CCC(=O)O)NC(=O)OCc1ccccc1)C(=O)NC(C=CS(C)(=O)=O)CC(=O)O. The van der Waals surface area contributed by atoms with Gasteiger partial charge in [0.1, 0.15) is 24.7 Å². The lowest BCUT2D eigenvalue weighted by molar-refractivity contribution is -0.139. The number of carbonyl (C=O) groups is 7. The molecule has 7 N–H and O–H groups in total. The Bertz CT molecular complexity index is 1410. The fourth-order valence-electron chi connectivity index (χ4n) is 3.91. The van der Waals surface area contributed by atoms with Crippen molar-refractivity contribution in [1.82, 2.24) is 21.3 Å². The first-order chi connectivity index (χ1) is 21.9. The number of carboxylic acids is 3. The number of amides is 4. The van der Waals surface area contributed by atoms with Gasteiger partial charge in [-0.2, -0.15) is 0 Å². The van der Waals surface area contributed by atoms with Gasteiger partial charge in [0.25, 0.3) is 0 Å². The van der Waals surface area contributed by atoms with Crippen molar-refractivity contribution < 1.29 is 62.0 Å². The molecule has 4 atom stereocenters. The van der Waals surface area contributed by atoms with Crippen molar-refractivity contribution in [3.8, 4) is 0 Å². The van der Waals surface area contributed by atoms with Crippen LogP contribution in [0.4, 0.5) is 4.79 Å². The van der Waals surface area contributed by atoms with Crippen LogP contribution in [0.25, 0.3) is 0 Å². The van der Waals surface area contributed by atoms with Crippen molar-refractivity contribution in [2.75, 3.05) is 6.26 Å². The number of ether oxygens (including phenoxy) is 1. The van der Waals surface area contributed by atoms with Crippen LogP contribution in [0.1, 0.15) is 51.5 Å². The van der Waals surface area contributed by atoms with Crippen LogP contribution in [0.2, 0.25) is 0 Å². The Hall–Kier alpha value is -5.00. The topological polar surface area (TPSA) is 272 Å². The third-order valence-corrected chi connectivity index (χ3v) is 6.93. The van der Waals surface area contributed by atoms with Gasteiger partial charge >= 0.3 is 24.0 Å². The number of hydrogen-bond donors (Lipinski definition) is 7. The highest BCUT2D eigenvalue weighted by Crippen LogP contribution is 2.09. The van der Waals surface area contributed by atoms with Gasteiger partial charge in [0, 0.05) is 24.5 Å². The summed E-state index contributed by atoms with van der Waals surface area (Å²) in [6, 6.07) is 2.78. The Balaban J connectivity index is 3.15. The fraction of sp³-hybridized carbons (Fsp3) is 0.483. The van der Waals surface area contributed by atoms with E-state index in [1.807, 2.05) is 0 Å². The number of nitrogens with one attached hydrogen (secondary N) is 4. The highest BCUT2D eigenvalue weighted by atomic mass is 32.2. The molecular weight excluding hydrogens is 644 g/mol. The monoisotopic (exact) mass is 684 g/mol. The summed E-state index contributed by atoms with van der Waals surface area (Å²) in [5.74, 6) is -7.56. The molecule has 0 aliphatic carbocycles. The van der Waals surface area contributed by atoms with Crippen molar-refractivity contribution in [1.29, 1.82) is 0 Å². The molecule has 47 heavy (non-hydrogen) atoms. The second kappa shape index (κ2) is 19.5. The Kier molecular flexibility index (Phi) is 16.6. The molecule has 0 saturated carbocycles. The van der Waals surface area contributed by atoms with Crippen LogP contribution in [0, 0.1) is 5.92 Å². The summed E-state index contributed by atoms with van der Waals surface area (Å²) in [6.45, 7) is 2.89. The van der Waals surface area contributed by atoms with Gasteiger partial charge in [-0.25, -0.2) is 13.2 Å². The minimum Gasteiger partial charge on any atom is -0.481 e. The molecule has 0 bridgehead atoms. The van der Waals surface area contributed by atoms with E-state index in [-0.39, 0.29) is 6.61 Å². The van der Waals surface area contributed by atoms with E-state index in [4.69, 9.17) is 9.84 Å². The predicted octanol–water partition coefficient (Wildman–Crippen LogP) is 0.154. The Morgan fingerprint density at radius 3 is 1.79 bits per heavy atom. The van der Waals surface area contributed by atoms with Crippen LogP contribution in [0.5, 0.6) is 0 Å². The first kappa shape index (κ1) is 40.0. The highest BCUT2D eigenvalue weighted by Gasteiger charge is 2.32. The zero-order chi connectivity index (χ0) is 35.7. The zero-order valence-corrected chi connectivity index (χ0v) is 26.8. The Morgan fingerprint density at radius 1 is 0.766 bits per heavy atom. The molecule has 0 radical (unpaired) electrons. The van der Waals surface area contributed by atoms with E-state index in [2.05, 4.69) is 21.3 Å². The number of alkyl carbamates (subject to hydrolysis) is 1. The summed E-state index contributed by atoms with van der Waals surface area (Å²) >= 11 is 0. The molecule has 0 heterocycles. The standard InChI is InChI=1S/C29H40N4O13S/c1-17(2)25(28(42)30-19(15-24(38)39)13-14-47(3,44)45)33-27(41)20(9-11-22(34)35)31-26(40)21(10-12-23(36)37)32-29(43)46-16-18-7-5-4-6-8-18/h4-8,13-14,17,19-21,25H,9-12,15-16H2,1-3H3,(H,30,42)(H,31,40)(H,32,43)(H,33,41)(H,34,35)(H,36,37)(H,38,39). The first-order valence-electron chi connectivity index (χ1n) is 14.3. The maximum absolute atomic E-state index is 13.3. The second-order valence-corrected chi connectivity index (χ2v) is 12.7. The summed E-state index contributed by atoms with van der Waals surface area (Å²) in [4.78, 5) is 85.8. The van der Waals surface area contributed by atoms with Crippen LogP contribution in [0.3, 0.4) is 0 Å². The molecule has 4 amide bonds. The highest BCUT2D eigenvalue weighted by molar-refractivity contribution is 7.93. The summed E-state index contributed by atoms with van der Waals surface area (Å²) in [6.07, 6.45) is -1.99. The maximum Gasteiger partial charge on any atom is 0.408 e. The quantitative estimate of drug-likeness (QED) is 0.0965. The third kappa shape index (κ3) is 17.3. The summed E-state index contributed by atoms with van der Waals surface area (Å²) in [5, 5.41) is 37.5. The lowest BCUT2D eigenvalue weighted by Gasteiger charge is -2.27. The smallest absolute Gasteiger partial charge is 0.408 e. The number of sulfone groups is 1. The lowest BCUT2D eigenvalue weighted by atomic mass is 10.0. The molecule has 0 aliphatic heterocycles. The summed E-state index contributed by atoms with van der Waals surface area (Å²) < 4.78 is 28.1. The van der Waals surface area contributed by atoms with Gasteiger partial charge in [-0.05, 0) is 24.3 Å². The first-order valence-corrected chi connectivity index (χ1v) is 16.2. The van der Waals surface area contributed by atoms with E-state index in [0.29, 0.717) is 11.0 Å². The molecule has 1 rings (SSSR count). The molecule has 4 unspecified atom stereocenters. The Labute approximate surface area is 271 Å². The van der Waals surface area contributed by atoms with Gasteiger partial charge in [0.2, 0.25) is 17.7 Å². The van der Waals surface area contributed by atoms with Crippen LogP contribution in [0.15, 0.2) is 41.8 Å². The normalized spacial score (nSPS) is 13.9. The average Bonchev–Trinajstić information content (AvgIpc) is 2.96. The van der Waals surface area contributed by atoms with Crippen LogP contribution in [-0.2, 0) is 49.9 Å². The van der Waals surface area contributed by atoms with Crippen molar-refractivity contribution in [2.45, 2.75) is 76.7 Å².